The number of carbonyl (C=O) groups is 1. The normalized spacial score (nSPS) is 20.4. The van der Waals surface area contributed by atoms with Crippen molar-refractivity contribution >= 4 is 25.8 Å². The number of hydrogen-bond acceptors (Lipinski definition) is 5. The predicted molar refractivity (Wildman–Crippen MR) is 76.7 cm³/mol. The molecule has 1 heterocycles. The zero-order valence-corrected chi connectivity index (χ0v) is 12.7. The first-order valence-corrected chi connectivity index (χ1v) is 9.20. The Hall–Kier alpha value is -1.71. The fourth-order valence-electron chi connectivity index (χ4n) is 1.98. The third-order valence-corrected chi connectivity index (χ3v) is 5.32. The average molecular weight is 330 g/mol. The number of nitrogens with one attached hydrogen (secondary N) is 1. The van der Waals surface area contributed by atoms with Crippen LogP contribution < -0.4 is 10.5 Å². The number of amides is 1. The van der Waals surface area contributed by atoms with E-state index in [4.69, 9.17) is 5.14 Å². The van der Waals surface area contributed by atoms with Gasteiger partial charge in [-0.3, -0.25) is 4.79 Å². The van der Waals surface area contributed by atoms with Gasteiger partial charge in [0.1, 0.15) is 0 Å². The number of nitrogens with two attached hydrogens (primary N) is 1. The average Bonchev–Trinajstić information content (AvgIpc) is 2.67. The van der Waals surface area contributed by atoms with Crippen molar-refractivity contribution in [2.45, 2.75) is 17.9 Å². The molecule has 2 rings (SSSR count). The zero-order chi connectivity index (χ0) is 15.8. The molecule has 0 spiro atoms. The minimum atomic E-state index is -3.83. The highest BCUT2D eigenvalue weighted by Crippen LogP contribution is 2.15. The molecule has 0 aliphatic carbocycles. The predicted octanol–water partition coefficient (Wildman–Crippen LogP) is -0.317. The number of hydrogen-bond donors (Lipinski definition) is 2. The number of sulfonamides is 1. The lowest BCUT2D eigenvalue weighted by atomic mass is 10.1. The maximum atomic E-state index is 12.1. The highest BCUT2D eigenvalue weighted by molar-refractivity contribution is 7.94. The van der Waals surface area contributed by atoms with Crippen LogP contribution in [0.1, 0.15) is 15.9 Å². The van der Waals surface area contributed by atoms with Crippen LogP contribution in [0.3, 0.4) is 0 Å². The summed E-state index contributed by atoms with van der Waals surface area (Å²) >= 11 is 0. The molecule has 7 nitrogen and oxygen atoms in total. The summed E-state index contributed by atoms with van der Waals surface area (Å²) < 4.78 is 45.0. The molecule has 1 unspecified atom stereocenters. The van der Waals surface area contributed by atoms with Crippen molar-refractivity contribution in [1.82, 2.24) is 5.32 Å². The van der Waals surface area contributed by atoms with E-state index < -0.39 is 31.8 Å². The highest BCUT2D eigenvalue weighted by Gasteiger charge is 2.24. The van der Waals surface area contributed by atoms with Gasteiger partial charge < -0.3 is 5.32 Å². The SMILES string of the molecule is Cc1cc(S(N)(=O)=O)ccc1C(=O)NC1C=CS(=O)(=O)C1. The van der Waals surface area contributed by atoms with Crippen LogP contribution in [-0.4, -0.2) is 34.5 Å². The topological polar surface area (TPSA) is 123 Å². The second-order valence-corrected chi connectivity index (χ2v) is 8.25. The lowest BCUT2D eigenvalue weighted by molar-refractivity contribution is 0.0947. The number of carbonyl (C=O) groups excluding carboxylic acids is 1. The molecule has 0 saturated heterocycles. The lowest BCUT2D eigenvalue weighted by Crippen LogP contribution is -2.35. The van der Waals surface area contributed by atoms with Gasteiger partial charge in [0, 0.05) is 11.0 Å². The van der Waals surface area contributed by atoms with Gasteiger partial charge in [-0.15, -0.1) is 0 Å². The number of sulfone groups is 1. The zero-order valence-electron chi connectivity index (χ0n) is 11.1. The van der Waals surface area contributed by atoms with Crippen LogP contribution in [0.15, 0.2) is 34.6 Å². The number of benzene rings is 1. The number of rotatable bonds is 3. The fraction of sp³-hybridized carbons (Fsp3) is 0.250. The van der Waals surface area contributed by atoms with Gasteiger partial charge in [0.2, 0.25) is 10.0 Å². The Balaban J connectivity index is 2.19. The van der Waals surface area contributed by atoms with Crippen LogP contribution >= 0.6 is 0 Å². The van der Waals surface area contributed by atoms with Crippen LogP contribution in [0.5, 0.6) is 0 Å². The van der Waals surface area contributed by atoms with Crippen LogP contribution in [0.4, 0.5) is 0 Å². The molecule has 114 valence electrons. The minimum Gasteiger partial charge on any atom is -0.345 e. The largest absolute Gasteiger partial charge is 0.345 e. The third-order valence-electron chi connectivity index (χ3n) is 3.02. The Labute approximate surface area is 122 Å². The summed E-state index contributed by atoms with van der Waals surface area (Å²) in [6.07, 6.45) is 1.40. The Bertz CT molecular complexity index is 825. The van der Waals surface area contributed by atoms with E-state index in [9.17, 15) is 21.6 Å². The van der Waals surface area contributed by atoms with Crippen LogP contribution in [0.2, 0.25) is 0 Å². The summed E-state index contributed by atoms with van der Waals surface area (Å²) in [5, 5.41) is 8.64. The molecule has 3 N–H and O–H groups in total. The van der Waals surface area contributed by atoms with E-state index in [1.165, 1.54) is 24.3 Å². The smallest absolute Gasteiger partial charge is 0.252 e. The van der Waals surface area contributed by atoms with E-state index in [1.807, 2.05) is 0 Å². The van der Waals surface area contributed by atoms with E-state index in [0.29, 0.717) is 5.56 Å². The standard InChI is InChI=1S/C12H14N2O5S2/c1-8-6-10(21(13,18)19)2-3-11(8)12(15)14-9-4-5-20(16,17)7-9/h2-6,9H,7H2,1H3,(H,14,15)(H2,13,18,19). The van der Waals surface area contributed by atoms with E-state index >= 15 is 0 Å². The molecule has 0 fully saturated rings. The molecule has 0 saturated carbocycles. The van der Waals surface area contributed by atoms with Crippen molar-refractivity contribution in [1.29, 1.82) is 0 Å². The molecule has 1 aliphatic heterocycles. The Morgan fingerprint density at radius 2 is 2.05 bits per heavy atom. The van der Waals surface area contributed by atoms with Crippen molar-refractivity contribution in [3.63, 3.8) is 0 Å². The van der Waals surface area contributed by atoms with Crippen LogP contribution in [-0.2, 0) is 19.9 Å². The molecule has 1 amide bonds. The summed E-state index contributed by atoms with van der Waals surface area (Å²) in [5.41, 5.74) is 0.698. The molecule has 0 radical (unpaired) electrons. The summed E-state index contributed by atoms with van der Waals surface area (Å²) in [4.78, 5) is 12.0. The molecule has 0 bridgehead atoms. The fourth-order valence-corrected chi connectivity index (χ4v) is 3.81. The lowest BCUT2D eigenvalue weighted by Gasteiger charge is -2.12. The first-order chi connectivity index (χ1) is 9.58. The summed E-state index contributed by atoms with van der Waals surface area (Å²) in [6.45, 7) is 1.57. The first kappa shape index (κ1) is 15.7. The molecule has 21 heavy (non-hydrogen) atoms. The van der Waals surface area contributed by atoms with Crippen molar-refractivity contribution in [3.05, 3.63) is 40.8 Å². The van der Waals surface area contributed by atoms with E-state index in [-0.39, 0.29) is 16.2 Å². The maximum absolute atomic E-state index is 12.1. The molecule has 1 atom stereocenters. The van der Waals surface area contributed by atoms with Gasteiger partial charge in [-0.05, 0) is 36.8 Å². The second-order valence-electron chi connectivity index (χ2n) is 4.76. The second kappa shape index (κ2) is 5.24. The minimum absolute atomic E-state index is 0.0834. The Morgan fingerprint density at radius 3 is 2.52 bits per heavy atom. The van der Waals surface area contributed by atoms with Gasteiger partial charge >= 0.3 is 0 Å². The van der Waals surface area contributed by atoms with Crippen molar-refractivity contribution < 1.29 is 21.6 Å². The molecule has 1 aromatic rings. The van der Waals surface area contributed by atoms with Gasteiger partial charge in [-0.25, -0.2) is 22.0 Å². The van der Waals surface area contributed by atoms with Crippen molar-refractivity contribution in [2.75, 3.05) is 5.75 Å². The molecular formula is C12H14N2O5S2. The maximum Gasteiger partial charge on any atom is 0.252 e. The van der Waals surface area contributed by atoms with Crippen molar-refractivity contribution in [2.24, 2.45) is 5.14 Å². The monoisotopic (exact) mass is 330 g/mol. The van der Waals surface area contributed by atoms with Gasteiger partial charge in [-0.1, -0.05) is 0 Å². The number of aryl methyl sites for hydroxylation is 1. The van der Waals surface area contributed by atoms with Crippen molar-refractivity contribution in [3.8, 4) is 0 Å². The van der Waals surface area contributed by atoms with Gasteiger partial charge in [0.15, 0.2) is 9.84 Å². The van der Waals surface area contributed by atoms with Gasteiger partial charge in [0.05, 0.1) is 16.7 Å². The molecule has 0 aromatic heterocycles. The van der Waals surface area contributed by atoms with E-state index in [1.54, 1.807) is 6.92 Å². The molecule has 1 aromatic carbocycles. The van der Waals surface area contributed by atoms with Gasteiger partial charge in [0.25, 0.3) is 5.91 Å². The summed E-state index contributed by atoms with van der Waals surface area (Å²) in [7, 11) is -7.08. The highest BCUT2D eigenvalue weighted by atomic mass is 32.2. The Morgan fingerprint density at radius 1 is 1.38 bits per heavy atom. The van der Waals surface area contributed by atoms with Gasteiger partial charge in [-0.2, -0.15) is 0 Å². The quantitative estimate of drug-likeness (QED) is 0.786. The molecule has 9 heteroatoms. The third kappa shape index (κ3) is 3.69. The van der Waals surface area contributed by atoms with E-state index in [0.717, 1.165) is 5.41 Å². The first-order valence-electron chi connectivity index (χ1n) is 5.94. The Kier molecular flexibility index (Phi) is 3.91. The van der Waals surface area contributed by atoms with Crippen LogP contribution in [0.25, 0.3) is 0 Å². The molecular weight excluding hydrogens is 316 g/mol. The molecule has 1 aliphatic rings. The number of primary sulfonamides is 1. The van der Waals surface area contributed by atoms with Crippen LogP contribution in [0, 0.1) is 6.92 Å². The summed E-state index contributed by atoms with van der Waals surface area (Å²) in [6, 6.07) is 3.29. The summed E-state index contributed by atoms with van der Waals surface area (Å²) in [5.74, 6) is -0.646. The van der Waals surface area contributed by atoms with E-state index in [2.05, 4.69) is 5.32 Å².